The lowest BCUT2D eigenvalue weighted by Gasteiger charge is -2.26. The summed E-state index contributed by atoms with van der Waals surface area (Å²) in [4.78, 5) is 20.6. The molecule has 0 saturated carbocycles. The van der Waals surface area contributed by atoms with Gasteiger partial charge in [-0.3, -0.25) is 9.69 Å². The molecule has 0 bridgehead atoms. The number of hydrogen-bond acceptors (Lipinski definition) is 6. The number of ether oxygens (including phenoxy) is 3. The van der Waals surface area contributed by atoms with Crippen molar-refractivity contribution < 1.29 is 19.0 Å². The molecule has 0 unspecified atom stereocenters. The Balaban J connectivity index is 1.42. The van der Waals surface area contributed by atoms with Crippen LogP contribution in [0.25, 0.3) is 22.4 Å². The Kier molecular flexibility index (Phi) is 7.11. The van der Waals surface area contributed by atoms with Crippen LogP contribution in [-0.4, -0.2) is 62.7 Å². The number of unbranched alkanes of at least 4 members (excludes halogenated alkanes) is 1. The van der Waals surface area contributed by atoms with Gasteiger partial charge in [0.25, 0.3) is 0 Å². The Bertz CT molecular complexity index is 1220. The van der Waals surface area contributed by atoms with Gasteiger partial charge in [0.1, 0.15) is 5.69 Å². The quantitative estimate of drug-likeness (QED) is 0.252. The zero-order valence-electron chi connectivity index (χ0n) is 20.5. The van der Waals surface area contributed by atoms with Gasteiger partial charge in [-0.1, -0.05) is 24.3 Å². The van der Waals surface area contributed by atoms with Gasteiger partial charge in [0.2, 0.25) is 0 Å². The molecule has 182 valence electrons. The molecule has 2 aromatic carbocycles. The topological polar surface area (TPSA) is 60.9 Å². The molecule has 0 spiro atoms. The second-order valence-electron chi connectivity index (χ2n) is 9.12. The maximum atomic E-state index is 13.3. The SMILES string of the molecule is COc1ccc(-c2nc(C(=O)CCCCN3CCOCC3)cc3c2Cc2ccccc2-3)cc1OC. The van der Waals surface area contributed by atoms with Crippen LogP contribution in [-0.2, 0) is 11.2 Å². The lowest BCUT2D eigenvalue weighted by Crippen LogP contribution is -2.36. The van der Waals surface area contributed by atoms with Crippen LogP contribution in [0.2, 0.25) is 0 Å². The zero-order valence-corrected chi connectivity index (χ0v) is 20.5. The number of carbonyl (C=O) groups excluding carboxylic acids is 1. The number of carbonyl (C=O) groups is 1. The molecule has 6 nitrogen and oxygen atoms in total. The number of benzene rings is 2. The van der Waals surface area contributed by atoms with Crippen molar-refractivity contribution in [1.82, 2.24) is 9.88 Å². The lowest BCUT2D eigenvalue weighted by atomic mass is 9.98. The van der Waals surface area contributed by atoms with Crippen LogP contribution < -0.4 is 9.47 Å². The van der Waals surface area contributed by atoms with Crippen molar-refractivity contribution in [3.8, 4) is 33.9 Å². The molecule has 1 fully saturated rings. The fraction of sp³-hybridized carbons (Fsp3) is 0.379. The largest absolute Gasteiger partial charge is 0.493 e. The molecule has 35 heavy (non-hydrogen) atoms. The van der Waals surface area contributed by atoms with E-state index in [0.717, 1.165) is 74.5 Å². The van der Waals surface area contributed by atoms with E-state index in [1.54, 1.807) is 14.2 Å². The minimum atomic E-state index is 0.0980. The van der Waals surface area contributed by atoms with E-state index in [-0.39, 0.29) is 5.78 Å². The van der Waals surface area contributed by atoms with E-state index in [4.69, 9.17) is 19.2 Å². The van der Waals surface area contributed by atoms with Gasteiger partial charge in [-0.2, -0.15) is 0 Å². The lowest BCUT2D eigenvalue weighted by molar-refractivity contribution is 0.0371. The first kappa shape index (κ1) is 23.5. The van der Waals surface area contributed by atoms with Crippen LogP contribution in [0.1, 0.15) is 40.9 Å². The molecule has 3 aromatic rings. The zero-order chi connectivity index (χ0) is 24.2. The third-order valence-electron chi connectivity index (χ3n) is 6.97. The van der Waals surface area contributed by atoms with Crippen LogP contribution in [0.5, 0.6) is 11.5 Å². The van der Waals surface area contributed by atoms with Crippen molar-refractivity contribution in [2.24, 2.45) is 0 Å². The number of Topliss-reactive ketones (excluding diaryl/α,β-unsaturated/α-hetero) is 1. The number of ketones is 1. The summed E-state index contributed by atoms with van der Waals surface area (Å²) < 4.78 is 16.4. The number of nitrogens with zero attached hydrogens (tertiary/aromatic N) is 2. The number of fused-ring (bicyclic) bond motifs is 3. The Hall–Kier alpha value is -3.22. The average Bonchev–Trinajstić information content (AvgIpc) is 3.29. The van der Waals surface area contributed by atoms with Gasteiger partial charge < -0.3 is 14.2 Å². The highest BCUT2D eigenvalue weighted by molar-refractivity contribution is 5.97. The fourth-order valence-corrected chi connectivity index (χ4v) is 5.06. The van der Waals surface area contributed by atoms with E-state index in [1.165, 1.54) is 11.1 Å². The van der Waals surface area contributed by atoms with Gasteiger partial charge in [0.05, 0.1) is 33.1 Å². The summed E-state index contributed by atoms with van der Waals surface area (Å²) in [7, 11) is 3.26. The smallest absolute Gasteiger partial charge is 0.181 e. The number of methoxy groups -OCH3 is 2. The van der Waals surface area contributed by atoms with Gasteiger partial charge in [-0.05, 0) is 65.9 Å². The minimum absolute atomic E-state index is 0.0980. The molecular formula is C29H32N2O4. The van der Waals surface area contributed by atoms with Gasteiger partial charge in [-0.25, -0.2) is 4.98 Å². The summed E-state index contributed by atoms with van der Waals surface area (Å²) in [6.45, 7) is 4.58. The number of aromatic nitrogens is 1. The van der Waals surface area contributed by atoms with Crippen LogP contribution in [0, 0.1) is 0 Å². The second-order valence-corrected chi connectivity index (χ2v) is 9.12. The third-order valence-corrected chi connectivity index (χ3v) is 6.97. The summed E-state index contributed by atoms with van der Waals surface area (Å²) in [6, 6.07) is 16.2. The van der Waals surface area contributed by atoms with Crippen molar-refractivity contribution >= 4 is 5.78 Å². The predicted molar refractivity (Wildman–Crippen MR) is 136 cm³/mol. The normalized spacial score (nSPS) is 14.9. The molecule has 1 aromatic heterocycles. The Morgan fingerprint density at radius 2 is 1.77 bits per heavy atom. The summed E-state index contributed by atoms with van der Waals surface area (Å²) in [5, 5.41) is 0. The van der Waals surface area contributed by atoms with Crippen LogP contribution in [0.15, 0.2) is 48.5 Å². The highest BCUT2D eigenvalue weighted by Crippen LogP contribution is 2.42. The Morgan fingerprint density at radius 1 is 0.971 bits per heavy atom. The van der Waals surface area contributed by atoms with Gasteiger partial charge in [-0.15, -0.1) is 0 Å². The van der Waals surface area contributed by atoms with Crippen molar-refractivity contribution in [2.75, 3.05) is 47.1 Å². The van der Waals surface area contributed by atoms with E-state index in [1.807, 2.05) is 24.3 Å². The van der Waals surface area contributed by atoms with E-state index < -0.39 is 0 Å². The fourth-order valence-electron chi connectivity index (χ4n) is 5.06. The highest BCUT2D eigenvalue weighted by atomic mass is 16.5. The molecule has 5 rings (SSSR count). The van der Waals surface area contributed by atoms with Crippen LogP contribution in [0.3, 0.4) is 0 Å². The van der Waals surface area contributed by atoms with E-state index in [2.05, 4.69) is 29.2 Å². The first-order chi connectivity index (χ1) is 17.2. The number of rotatable bonds is 9. The third kappa shape index (κ3) is 4.95. The molecule has 2 heterocycles. The molecule has 2 aliphatic rings. The van der Waals surface area contributed by atoms with Crippen LogP contribution in [0.4, 0.5) is 0 Å². The average molecular weight is 473 g/mol. The molecule has 0 amide bonds. The predicted octanol–water partition coefficient (Wildman–Crippen LogP) is 5.02. The van der Waals surface area contributed by atoms with E-state index in [0.29, 0.717) is 23.6 Å². The summed E-state index contributed by atoms with van der Waals surface area (Å²) in [5.41, 5.74) is 7.02. The first-order valence-corrected chi connectivity index (χ1v) is 12.4. The number of morpholine rings is 1. The summed E-state index contributed by atoms with van der Waals surface area (Å²) in [5.74, 6) is 1.42. The first-order valence-electron chi connectivity index (χ1n) is 12.4. The van der Waals surface area contributed by atoms with Crippen molar-refractivity contribution in [3.63, 3.8) is 0 Å². The molecule has 0 N–H and O–H groups in total. The molecule has 1 aliphatic heterocycles. The highest BCUT2D eigenvalue weighted by Gasteiger charge is 2.25. The van der Waals surface area contributed by atoms with E-state index in [9.17, 15) is 4.79 Å². The molecular weight excluding hydrogens is 440 g/mol. The van der Waals surface area contributed by atoms with E-state index >= 15 is 0 Å². The monoisotopic (exact) mass is 472 g/mol. The summed E-state index contributed by atoms with van der Waals surface area (Å²) >= 11 is 0. The molecule has 1 aliphatic carbocycles. The maximum absolute atomic E-state index is 13.3. The molecule has 6 heteroatoms. The minimum Gasteiger partial charge on any atom is -0.493 e. The number of pyridine rings is 1. The number of hydrogen-bond donors (Lipinski definition) is 0. The van der Waals surface area contributed by atoms with Crippen molar-refractivity contribution in [2.45, 2.75) is 25.7 Å². The molecule has 0 radical (unpaired) electrons. The van der Waals surface area contributed by atoms with Crippen molar-refractivity contribution in [1.29, 1.82) is 0 Å². The summed E-state index contributed by atoms with van der Waals surface area (Å²) in [6.07, 6.45) is 3.17. The maximum Gasteiger partial charge on any atom is 0.181 e. The Morgan fingerprint density at radius 3 is 2.57 bits per heavy atom. The second kappa shape index (κ2) is 10.6. The van der Waals surface area contributed by atoms with Gasteiger partial charge >= 0.3 is 0 Å². The van der Waals surface area contributed by atoms with Gasteiger partial charge in [0.15, 0.2) is 17.3 Å². The Labute approximate surface area is 206 Å². The van der Waals surface area contributed by atoms with Crippen molar-refractivity contribution in [3.05, 3.63) is 65.4 Å². The molecule has 1 saturated heterocycles. The standard InChI is InChI=1S/C29H32N2O4/c1-33-27-11-10-21(18-28(27)34-2)29-24-17-20-7-3-4-8-22(20)23(24)19-25(30-29)26(32)9-5-6-12-31-13-15-35-16-14-31/h3-4,7-8,10-11,18-19H,5-6,9,12-17H2,1-2H3. The molecule has 0 atom stereocenters. The van der Waals surface area contributed by atoms with Gasteiger partial charge in [0, 0.05) is 31.5 Å². The van der Waals surface area contributed by atoms with Crippen LogP contribution >= 0.6 is 0 Å².